The Morgan fingerprint density at radius 1 is 1.12 bits per heavy atom. The van der Waals surface area contributed by atoms with Gasteiger partial charge in [0, 0.05) is 0 Å². The van der Waals surface area contributed by atoms with Gasteiger partial charge in [0.15, 0.2) is 0 Å². The van der Waals surface area contributed by atoms with Crippen LogP contribution in [0.2, 0.25) is 0 Å². The van der Waals surface area contributed by atoms with Crippen LogP contribution in [0.1, 0.15) is 62.5 Å². The van der Waals surface area contributed by atoms with Crippen LogP contribution in [0.25, 0.3) is 0 Å². The summed E-state index contributed by atoms with van der Waals surface area (Å²) in [5.41, 5.74) is -0.229. The lowest BCUT2D eigenvalue weighted by molar-refractivity contribution is -0.124. The van der Waals surface area contributed by atoms with E-state index in [-0.39, 0.29) is 11.9 Å². The quantitative estimate of drug-likeness (QED) is 0.786. The van der Waals surface area contributed by atoms with E-state index in [0.29, 0.717) is 18.4 Å². The highest BCUT2D eigenvalue weighted by atomic mass is 16.6. The number of alkyl carbamates (subject to hydrolysis) is 1. The van der Waals surface area contributed by atoms with Crippen LogP contribution in [0.15, 0.2) is 24.3 Å². The summed E-state index contributed by atoms with van der Waals surface area (Å²) in [5.74, 6) is -0.653. The molecule has 1 aliphatic carbocycles. The van der Waals surface area contributed by atoms with Crippen molar-refractivity contribution >= 4 is 18.0 Å². The van der Waals surface area contributed by atoms with Crippen LogP contribution >= 0.6 is 0 Å². The summed E-state index contributed by atoms with van der Waals surface area (Å²) in [7, 11) is 1.33. The van der Waals surface area contributed by atoms with Gasteiger partial charge in [0.2, 0.25) is 5.91 Å². The molecule has 142 valence electrons. The fraction of sp³-hybridized carbons (Fsp3) is 0.526. The molecular formula is C19H26N2O5. The molecule has 0 bridgehead atoms. The lowest BCUT2D eigenvalue weighted by Gasteiger charge is -2.24. The molecule has 1 atom stereocenters. The van der Waals surface area contributed by atoms with Gasteiger partial charge in [-0.15, -0.1) is 0 Å². The van der Waals surface area contributed by atoms with Crippen molar-refractivity contribution in [3.8, 4) is 0 Å². The van der Waals surface area contributed by atoms with E-state index in [0.717, 1.165) is 5.56 Å². The summed E-state index contributed by atoms with van der Waals surface area (Å²) in [6.45, 7) is 7.15. The molecule has 1 aromatic carbocycles. The molecule has 1 aliphatic rings. The minimum Gasteiger partial charge on any atom is -0.465 e. The maximum atomic E-state index is 12.6. The Balaban J connectivity index is 1.96. The van der Waals surface area contributed by atoms with Crippen LogP contribution in [-0.4, -0.2) is 36.2 Å². The number of amides is 2. The third-order valence-electron chi connectivity index (χ3n) is 4.10. The smallest absolute Gasteiger partial charge is 0.408 e. The molecule has 7 heteroatoms. The zero-order chi connectivity index (χ0) is 19.5. The lowest BCUT2D eigenvalue weighted by Crippen LogP contribution is -2.50. The number of nitrogens with one attached hydrogen (secondary N) is 2. The first-order valence-electron chi connectivity index (χ1n) is 8.57. The summed E-state index contributed by atoms with van der Waals surface area (Å²) in [6, 6.07) is 6.55. The van der Waals surface area contributed by atoms with Crippen molar-refractivity contribution in [1.82, 2.24) is 10.6 Å². The number of carbonyl (C=O) groups is 3. The van der Waals surface area contributed by atoms with Gasteiger partial charge in [0.05, 0.1) is 18.7 Å². The molecule has 0 aliphatic heterocycles. The predicted molar refractivity (Wildman–Crippen MR) is 95.7 cm³/mol. The molecule has 0 aromatic heterocycles. The molecule has 1 saturated carbocycles. The van der Waals surface area contributed by atoms with Crippen molar-refractivity contribution in [3.63, 3.8) is 0 Å². The van der Waals surface area contributed by atoms with Gasteiger partial charge in [0.25, 0.3) is 0 Å². The zero-order valence-electron chi connectivity index (χ0n) is 15.8. The number of carbonyl (C=O) groups excluding carboxylic acids is 3. The molecule has 0 heterocycles. The van der Waals surface area contributed by atoms with Crippen LogP contribution in [0.4, 0.5) is 4.79 Å². The molecule has 1 fully saturated rings. The molecule has 2 N–H and O–H groups in total. The summed E-state index contributed by atoms with van der Waals surface area (Å²) in [4.78, 5) is 36.0. The van der Waals surface area contributed by atoms with Crippen molar-refractivity contribution < 1.29 is 23.9 Å². The average molecular weight is 362 g/mol. The Morgan fingerprint density at radius 2 is 1.69 bits per heavy atom. The topological polar surface area (TPSA) is 93.7 Å². The molecule has 1 aromatic rings. The maximum absolute atomic E-state index is 12.6. The molecule has 0 radical (unpaired) electrons. The molecule has 2 rings (SSSR count). The highest BCUT2D eigenvalue weighted by Crippen LogP contribution is 2.36. The van der Waals surface area contributed by atoms with Crippen LogP contribution in [0, 0.1) is 0 Å². The minimum atomic E-state index is -0.900. The fourth-order valence-electron chi connectivity index (χ4n) is 2.48. The second kappa shape index (κ2) is 7.35. The molecule has 0 saturated heterocycles. The number of rotatable bonds is 5. The summed E-state index contributed by atoms with van der Waals surface area (Å²) in [6.07, 6.45) is 0.554. The summed E-state index contributed by atoms with van der Waals surface area (Å²) >= 11 is 0. The molecular weight excluding hydrogens is 336 g/mol. The normalized spacial score (nSPS) is 16.2. The van der Waals surface area contributed by atoms with Crippen molar-refractivity contribution in [1.29, 1.82) is 0 Å². The van der Waals surface area contributed by atoms with Crippen molar-refractivity contribution in [2.75, 3.05) is 7.11 Å². The minimum absolute atomic E-state index is 0.243. The SMILES string of the molecule is COC(=O)c1ccc([C@@H](C)NC(=O)C2(NC(=O)OC(C)(C)C)CC2)cc1. The maximum Gasteiger partial charge on any atom is 0.408 e. The van der Waals surface area contributed by atoms with E-state index in [4.69, 9.17) is 4.74 Å². The number of methoxy groups -OCH3 is 1. The molecule has 0 unspecified atom stereocenters. The number of hydrogen-bond acceptors (Lipinski definition) is 5. The number of ether oxygens (including phenoxy) is 2. The second-order valence-electron chi connectivity index (χ2n) is 7.52. The third-order valence-corrected chi connectivity index (χ3v) is 4.10. The Bertz CT molecular complexity index is 687. The van der Waals surface area contributed by atoms with Crippen LogP contribution in [0.5, 0.6) is 0 Å². The second-order valence-corrected chi connectivity index (χ2v) is 7.52. The highest BCUT2D eigenvalue weighted by Gasteiger charge is 2.52. The van der Waals surface area contributed by atoms with Crippen LogP contribution in [0.3, 0.4) is 0 Å². The zero-order valence-corrected chi connectivity index (χ0v) is 15.8. The van der Waals surface area contributed by atoms with E-state index in [1.54, 1.807) is 45.0 Å². The first-order valence-corrected chi connectivity index (χ1v) is 8.57. The van der Waals surface area contributed by atoms with Gasteiger partial charge >= 0.3 is 12.1 Å². The number of esters is 1. The molecule has 26 heavy (non-hydrogen) atoms. The lowest BCUT2D eigenvalue weighted by atomic mass is 10.1. The van der Waals surface area contributed by atoms with E-state index in [2.05, 4.69) is 15.4 Å². The van der Waals surface area contributed by atoms with E-state index in [1.165, 1.54) is 7.11 Å². The summed E-state index contributed by atoms with van der Waals surface area (Å²) in [5, 5.41) is 5.58. The number of benzene rings is 1. The Hall–Kier alpha value is -2.57. The van der Waals surface area contributed by atoms with E-state index in [1.807, 2.05) is 6.92 Å². The van der Waals surface area contributed by atoms with Crippen LogP contribution < -0.4 is 10.6 Å². The monoisotopic (exact) mass is 362 g/mol. The molecule has 2 amide bonds. The molecule has 7 nitrogen and oxygen atoms in total. The van der Waals surface area contributed by atoms with Crippen molar-refractivity contribution in [2.45, 2.75) is 57.7 Å². The Morgan fingerprint density at radius 3 is 2.15 bits per heavy atom. The van der Waals surface area contributed by atoms with E-state index >= 15 is 0 Å². The van der Waals surface area contributed by atoms with E-state index < -0.39 is 23.2 Å². The first-order chi connectivity index (χ1) is 12.1. The fourth-order valence-corrected chi connectivity index (χ4v) is 2.48. The van der Waals surface area contributed by atoms with E-state index in [9.17, 15) is 14.4 Å². The molecule has 0 spiro atoms. The van der Waals surface area contributed by atoms with Gasteiger partial charge < -0.3 is 20.1 Å². The van der Waals surface area contributed by atoms with Crippen molar-refractivity contribution in [2.24, 2.45) is 0 Å². The van der Waals surface area contributed by atoms with Crippen molar-refractivity contribution in [3.05, 3.63) is 35.4 Å². The van der Waals surface area contributed by atoms with Gasteiger partial charge in [-0.05, 0) is 58.2 Å². The largest absolute Gasteiger partial charge is 0.465 e. The standard InChI is InChI=1S/C19H26N2O5/c1-12(13-6-8-14(9-7-13)15(22)25-5)20-16(23)19(10-11-19)21-17(24)26-18(2,3)4/h6-9,12H,10-11H2,1-5H3,(H,20,23)(H,21,24)/t12-/m1/s1. The predicted octanol–water partition coefficient (Wildman–Crippen LogP) is 2.71. The highest BCUT2D eigenvalue weighted by molar-refractivity contribution is 5.93. The Labute approximate surface area is 153 Å². The van der Waals surface area contributed by atoms with Gasteiger partial charge in [-0.1, -0.05) is 12.1 Å². The van der Waals surface area contributed by atoms with Crippen LogP contribution in [-0.2, 0) is 14.3 Å². The summed E-state index contributed by atoms with van der Waals surface area (Å²) < 4.78 is 9.89. The average Bonchev–Trinajstić information content (AvgIpc) is 3.33. The first kappa shape index (κ1) is 19.8. The van der Waals surface area contributed by atoms with Gasteiger partial charge in [-0.2, -0.15) is 0 Å². The van der Waals surface area contributed by atoms with Gasteiger partial charge in [-0.3, -0.25) is 4.79 Å². The number of hydrogen-bond donors (Lipinski definition) is 2. The Kier molecular flexibility index (Phi) is 5.59. The van der Waals surface area contributed by atoms with Gasteiger partial charge in [0.1, 0.15) is 11.1 Å². The van der Waals surface area contributed by atoms with Gasteiger partial charge in [-0.25, -0.2) is 9.59 Å². The third kappa shape index (κ3) is 4.97.